The second kappa shape index (κ2) is 8.41. The van der Waals surface area contributed by atoms with Gasteiger partial charge in [-0.05, 0) is 61.3 Å². The van der Waals surface area contributed by atoms with Crippen LogP contribution in [0.1, 0.15) is 52.9 Å². The van der Waals surface area contributed by atoms with Gasteiger partial charge in [0.15, 0.2) is 0 Å². The highest BCUT2D eigenvalue weighted by Gasteiger charge is 2.53. The van der Waals surface area contributed by atoms with Crippen LogP contribution in [-0.2, 0) is 4.79 Å². The van der Waals surface area contributed by atoms with Crippen molar-refractivity contribution in [2.24, 2.45) is 11.3 Å². The maximum atomic E-state index is 13.3. The zero-order valence-corrected chi connectivity index (χ0v) is 19.0. The van der Waals surface area contributed by atoms with Crippen molar-refractivity contribution in [1.82, 2.24) is 15.1 Å². The van der Waals surface area contributed by atoms with Gasteiger partial charge in [0.25, 0.3) is 5.91 Å². The first-order valence-corrected chi connectivity index (χ1v) is 11.6. The summed E-state index contributed by atoms with van der Waals surface area (Å²) in [5.74, 6) is 0.315. The monoisotopic (exact) mass is 430 g/mol. The zero-order valence-electron chi connectivity index (χ0n) is 19.0. The molecule has 31 heavy (non-hydrogen) atoms. The van der Waals surface area contributed by atoms with Gasteiger partial charge in [-0.1, -0.05) is 27.2 Å². The van der Waals surface area contributed by atoms with Crippen molar-refractivity contribution in [3.05, 3.63) is 30.1 Å². The molecule has 4 rings (SSSR count). The van der Waals surface area contributed by atoms with Gasteiger partial charge in [0.1, 0.15) is 11.4 Å². The van der Waals surface area contributed by atoms with Crippen molar-refractivity contribution in [3.63, 3.8) is 0 Å². The first-order valence-electron chi connectivity index (χ1n) is 11.6. The Balaban J connectivity index is 1.33. The number of anilines is 1. The molecule has 3 aliphatic rings. The molecule has 2 heterocycles. The molecule has 1 saturated carbocycles. The normalized spacial score (nSPS) is 27.8. The lowest BCUT2D eigenvalue weighted by molar-refractivity contribution is -0.134. The van der Waals surface area contributed by atoms with Gasteiger partial charge in [0, 0.05) is 31.9 Å². The van der Waals surface area contributed by atoms with Gasteiger partial charge in [0.2, 0.25) is 0 Å². The molecule has 1 N–H and O–H groups in total. The number of hydrogen-bond donors (Lipinski definition) is 1. The predicted molar refractivity (Wildman–Crippen MR) is 119 cm³/mol. The summed E-state index contributed by atoms with van der Waals surface area (Å²) in [6.07, 6.45) is 4.57. The van der Waals surface area contributed by atoms with Gasteiger partial charge in [-0.15, -0.1) is 0 Å². The molecule has 1 aromatic carbocycles. The zero-order chi connectivity index (χ0) is 22.2. The lowest BCUT2D eigenvalue weighted by Gasteiger charge is -2.42. The summed E-state index contributed by atoms with van der Waals surface area (Å²) in [4.78, 5) is 31.8. The fourth-order valence-electron chi connectivity index (χ4n) is 5.32. The Labute approximate surface area is 184 Å². The standard InChI is InChI=1S/C24H35FN4O2/c1-4-23(2,3)18-9-11-24(12-10-18)21(30)29(22(31)26-24)17-27-13-15-28(16-14-27)20-7-5-19(25)6-8-20/h5-8,18H,4,9-17H2,1-3H3,(H,26,31). The Hall–Kier alpha value is -2.15. The molecule has 1 spiro atoms. The van der Waals surface area contributed by atoms with Crippen molar-refractivity contribution >= 4 is 17.6 Å². The summed E-state index contributed by atoms with van der Waals surface area (Å²) in [6, 6.07) is 6.29. The Bertz CT molecular complexity index is 809. The van der Waals surface area contributed by atoms with Crippen LogP contribution in [-0.4, -0.2) is 60.1 Å². The van der Waals surface area contributed by atoms with Crippen molar-refractivity contribution in [1.29, 1.82) is 0 Å². The molecule has 170 valence electrons. The molecule has 0 radical (unpaired) electrons. The van der Waals surface area contributed by atoms with E-state index in [1.165, 1.54) is 17.0 Å². The van der Waals surface area contributed by atoms with E-state index in [1.807, 2.05) is 0 Å². The van der Waals surface area contributed by atoms with Gasteiger partial charge in [0.05, 0.1) is 6.67 Å². The lowest BCUT2D eigenvalue weighted by Crippen LogP contribution is -2.53. The fraction of sp³-hybridized carbons (Fsp3) is 0.667. The molecule has 3 amide bonds. The SMILES string of the molecule is CCC(C)(C)C1CCC2(CC1)NC(=O)N(CN1CCN(c3ccc(F)cc3)CC1)C2=O. The predicted octanol–water partition coefficient (Wildman–Crippen LogP) is 3.82. The number of imide groups is 1. The van der Waals surface area contributed by atoms with Gasteiger partial charge in [-0.2, -0.15) is 0 Å². The van der Waals surface area contributed by atoms with Crippen LogP contribution in [0.3, 0.4) is 0 Å². The third-order valence-electron chi connectivity index (χ3n) is 8.01. The van der Waals surface area contributed by atoms with Crippen LogP contribution in [0.2, 0.25) is 0 Å². The number of hydrogen-bond acceptors (Lipinski definition) is 4. The molecule has 2 saturated heterocycles. The van der Waals surface area contributed by atoms with E-state index in [4.69, 9.17) is 0 Å². The molecule has 1 aromatic rings. The van der Waals surface area contributed by atoms with E-state index >= 15 is 0 Å². The van der Waals surface area contributed by atoms with Crippen LogP contribution < -0.4 is 10.2 Å². The average molecular weight is 431 g/mol. The summed E-state index contributed by atoms with van der Waals surface area (Å²) in [6.45, 7) is 10.3. The Kier molecular flexibility index (Phi) is 5.99. The summed E-state index contributed by atoms with van der Waals surface area (Å²) in [5.41, 5.74) is 0.576. The minimum absolute atomic E-state index is 0.0498. The second-order valence-electron chi connectivity index (χ2n) is 10.1. The smallest absolute Gasteiger partial charge is 0.326 e. The largest absolute Gasteiger partial charge is 0.369 e. The molecule has 2 aliphatic heterocycles. The Morgan fingerprint density at radius 2 is 1.68 bits per heavy atom. The third kappa shape index (κ3) is 4.29. The molecular formula is C24H35FN4O2. The number of urea groups is 1. The maximum absolute atomic E-state index is 13.3. The van der Waals surface area contributed by atoms with Gasteiger partial charge >= 0.3 is 6.03 Å². The number of carbonyl (C=O) groups is 2. The molecule has 3 fully saturated rings. The van der Waals surface area contributed by atoms with Gasteiger partial charge < -0.3 is 10.2 Å². The van der Waals surface area contributed by atoms with Crippen molar-refractivity contribution in [2.45, 2.75) is 58.4 Å². The van der Waals surface area contributed by atoms with E-state index in [0.29, 0.717) is 12.6 Å². The van der Waals surface area contributed by atoms with E-state index in [9.17, 15) is 14.0 Å². The molecule has 0 atom stereocenters. The van der Waals surface area contributed by atoms with E-state index < -0.39 is 5.54 Å². The number of rotatable bonds is 5. The number of amides is 3. The third-order valence-corrected chi connectivity index (χ3v) is 8.01. The number of halogens is 1. The van der Waals surface area contributed by atoms with Gasteiger partial charge in [-0.3, -0.25) is 9.69 Å². The Morgan fingerprint density at radius 1 is 1.06 bits per heavy atom. The molecule has 0 unspecified atom stereocenters. The quantitative estimate of drug-likeness (QED) is 0.722. The number of piperazine rings is 1. The fourth-order valence-corrected chi connectivity index (χ4v) is 5.32. The van der Waals surface area contributed by atoms with Crippen LogP contribution in [0.4, 0.5) is 14.9 Å². The number of benzene rings is 1. The number of carbonyl (C=O) groups excluding carboxylic acids is 2. The van der Waals surface area contributed by atoms with Crippen molar-refractivity contribution in [2.75, 3.05) is 37.7 Å². The molecule has 7 heteroatoms. The maximum Gasteiger partial charge on any atom is 0.326 e. The van der Waals surface area contributed by atoms with Crippen LogP contribution >= 0.6 is 0 Å². The highest BCUT2D eigenvalue weighted by molar-refractivity contribution is 6.07. The minimum Gasteiger partial charge on any atom is -0.369 e. The summed E-state index contributed by atoms with van der Waals surface area (Å²) >= 11 is 0. The van der Waals surface area contributed by atoms with Gasteiger partial charge in [-0.25, -0.2) is 14.1 Å². The summed E-state index contributed by atoms with van der Waals surface area (Å²) < 4.78 is 13.2. The molecule has 0 bridgehead atoms. The highest BCUT2D eigenvalue weighted by atomic mass is 19.1. The minimum atomic E-state index is -0.701. The van der Waals surface area contributed by atoms with E-state index in [1.54, 1.807) is 12.1 Å². The average Bonchev–Trinajstić information content (AvgIpc) is 2.99. The van der Waals surface area contributed by atoms with E-state index in [0.717, 1.165) is 64.0 Å². The van der Waals surface area contributed by atoms with Crippen LogP contribution in [0.25, 0.3) is 0 Å². The van der Waals surface area contributed by atoms with Crippen molar-refractivity contribution in [3.8, 4) is 0 Å². The summed E-state index contributed by atoms with van der Waals surface area (Å²) in [5, 5.41) is 3.05. The molecule has 1 aliphatic carbocycles. The number of nitrogens with one attached hydrogen (secondary N) is 1. The van der Waals surface area contributed by atoms with E-state index in [2.05, 4.69) is 35.9 Å². The van der Waals surface area contributed by atoms with Crippen LogP contribution in [0.15, 0.2) is 24.3 Å². The van der Waals surface area contributed by atoms with Crippen molar-refractivity contribution < 1.29 is 14.0 Å². The molecule has 6 nitrogen and oxygen atoms in total. The van der Waals surface area contributed by atoms with Crippen LogP contribution in [0.5, 0.6) is 0 Å². The second-order valence-corrected chi connectivity index (χ2v) is 10.1. The summed E-state index contributed by atoms with van der Waals surface area (Å²) in [7, 11) is 0. The highest BCUT2D eigenvalue weighted by Crippen LogP contribution is 2.45. The molecular weight excluding hydrogens is 395 g/mol. The topological polar surface area (TPSA) is 55.9 Å². The number of nitrogens with zero attached hydrogens (tertiary/aromatic N) is 3. The molecule has 0 aromatic heterocycles. The lowest BCUT2D eigenvalue weighted by atomic mass is 9.65. The Morgan fingerprint density at radius 3 is 2.26 bits per heavy atom. The first-order chi connectivity index (χ1) is 14.7. The first kappa shape index (κ1) is 22.1. The van der Waals surface area contributed by atoms with E-state index in [-0.39, 0.29) is 23.2 Å². The van der Waals surface area contributed by atoms with Crippen LogP contribution in [0, 0.1) is 17.2 Å².